The number of nitrogens with zero attached hydrogens (tertiary/aromatic N) is 1. The highest BCUT2D eigenvalue weighted by Crippen LogP contribution is 2.17. The maximum atomic E-state index is 13.3. The first-order chi connectivity index (χ1) is 9.02. The molecule has 0 N–H and O–H groups in total. The lowest BCUT2D eigenvalue weighted by Crippen LogP contribution is -2.17. The van der Waals surface area contributed by atoms with Crippen molar-refractivity contribution < 1.29 is 4.39 Å². The summed E-state index contributed by atoms with van der Waals surface area (Å²) in [6, 6.07) is 12.7. The van der Waals surface area contributed by atoms with Gasteiger partial charge in [-0.05, 0) is 48.5 Å². The fraction of sp³-hybridized carbons (Fsp3) is 0.200. The van der Waals surface area contributed by atoms with Gasteiger partial charge in [0.1, 0.15) is 5.82 Å². The summed E-state index contributed by atoms with van der Waals surface area (Å²) >= 11 is 9.26. The third kappa shape index (κ3) is 4.60. The molecule has 0 heterocycles. The first-order valence-electron chi connectivity index (χ1n) is 5.91. The van der Waals surface area contributed by atoms with Gasteiger partial charge >= 0.3 is 0 Å². The molecule has 0 saturated carbocycles. The van der Waals surface area contributed by atoms with Crippen LogP contribution in [0.2, 0.25) is 5.02 Å². The first-order valence-corrected chi connectivity index (χ1v) is 7.08. The second-order valence-electron chi connectivity index (χ2n) is 4.58. The molecule has 0 aliphatic rings. The Morgan fingerprint density at radius 1 is 1.11 bits per heavy atom. The Morgan fingerprint density at radius 3 is 2.53 bits per heavy atom. The Hall–Kier alpha value is -0.900. The van der Waals surface area contributed by atoms with Crippen molar-refractivity contribution in [3.63, 3.8) is 0 Å². The number of hydrogen-bond donors (Lipinski definition) is 0. The van der Waals surface area contributed by atoms with Crippen LogP contribution >= 0.6 is 27.5 Å². The standard InChI is InChI=1S/C15H14BrClFN/c1-19(9-11-3-2-4-14(17)6-11)10-12-5-13(16)8-15(18)7-12/h2-8H,9-10H2,1H3. The highest BCUT2D eigenvalue weighted by atomic mass is 79.9. The van der Waals surface area contributed by atoms with Crippen LogP contribution in [0.1, 0.15) is 11.1 Å². The minimum absolute atomic E-state index is 0.222. The molecule has 19 heavy (non-hydrogen) atoms. The van der Waals surface area contributed by atoms with Gasteiger partial charge in [0.2, 0.25) is 0 Å². The summed E-state index contributed by atoms with van der Waals surface area (Å²) < 4.78 is 14.1. The molecule has 0 aromatic heterocycles. The molecule has 2 rings (SSSR count). The average Bonchev–Trinajstić information content (AvgIpc) is 2.26. The normalized spacial score (nSPS) is 11.0. The van der Waals surface area contributed by atoms with Crippen LogP contribution in [0.5, 0.6) is 0 Å². The summed E-state index contributed by atoms with van der Waals surface area (Å²) in [7, 11) is 2.00. The van der Waals surface area contributed by atoms with E-state index in [1.807, 2.05) is 37.4 Å². The van der Waals surface area contributed by atoms with Crippen molar-refractivity contribution in [1.29, 1.82) is 0 Å². The van der Waals surface area contributed by atoms with Gasteiger partial charge in [0.05, 0.1) is 0 Å². The van der Waals surface area contributed by atoms with Crippen LogP contribution in [0.4, 0.5) is 4.39 Å². The van der Waals surface area contributed by atoms with Crippen LogP contribution in [-0.2, 0) is 13.1 Å². The molecule has 0 unspecified atom stereocenters. The highest BCUT2D eigenvalue weighted by molar-refractivity contribution is 9.10. The smallest absolute Gasteiger partial charge is 0.124 e. The first kappa shape index (κ1) is 14.5. The van der Waals surface area contributed by atoms with Crippen molar-refractivity contribution in [2.45, 2.75) is 13.1 Å². The van der Waals surface area contributed by atoms with Gasteiger partial charge in [-0.2, -0.15) is 0 Å². The average molecular weight is 343 g/mol. The molecule has 0 atom stereocenters. The third-order valence-electron chi connectivity index (χ3n) is 2.72. The summed E-state index contributed by atoms with van der Waals surface area (Å²) in [5.41, 5.74) is 2.09. The van der Waals surface area contributed by atoms with E-state index < -0.39 is 0 Å². The van der Waals surface area contributed by atoms with Gasteiger partial charge in [0, 0.05) is 22.6 Å². The van der Waals surface area contributed by atoms with Gasteiger partial charge in [0.25, 0.3) is 0 Å². The van der Waals surface area contributed by atoms with Gasteiger partial charge in [-0.25, -0.2) is 4.39 Å². The minimum atomic E-state index is -0.222. The fourth-order valence-corrected chi connectivity index (χ4v) is 2.74. The van der Waals surface area contributed by atoms with Crippen molar-refractivity contribution in [1.82, 2.24) is 4.90 Å². The lowest BCUT2D eigenvalue weighted by molar-refractivity contribution is 0.318. The maximum absolute atomic E-state index is 13.3. The summed E-state index contributed by atoms with van der Waals surface area (Å²) in [4.78, 5) is 2.12. The lowest BCUT2D eigenvalue weighted by Gasteiger charge is -2.17. The Kier molecular flexibility index (Phi) is 4.97. The van der Waals surface area contributed by atoms with Crippen LogP contribution in [-0.4, -0.2) is 11.9 Å². The van der Waals surface area contributed by atoms with Crippen LogP contribution in [0, 0.1) is 5.82 Å². The molecule has 0 fully saturated rings. The predicted molar refractivity (Wildman–Crippen MR) is 80.7 cm³/mol. The van der Waals surface area contributed by atoms with E-state index in [0.717, 1.165) is 27.2 Å². The van der Waals surface area contributed by atoms with E-state index in [2.05, 4.69) is 20.8 Å². The second kappa shape index (κ2) is 6.51. The van der Waals surface area contributed by atoms with Crippen molar-refractivity contribution in [3.05, 3.63) is 68.9 Å². The van der Waals surface area contributed by atoms with E-state index in [1.165, 1.54) is 6.07 Å². The number of halogens is 3. The SMILES string of the molecule is CN(Cc1cccc(Cl)c1)Cc1cc(F)cc(Br)c1. The molecule has 1 nitrogen and oxygen atoms in total. The van der Waals surface area contributed by atoms with E-state index in [0.29, 0.717) is 6.54 Å². The summed E-state index contributed by atoms with van der Waals surface area (Å²) in [6.07, 6.45) is 0. The maximum Gasteiger partial charge on any atom is 0.124 e. The molecular weight excluding hydrogens is 329 g/mol. The third-order valence-corrected chi connectivity index (χ3v) is 3.41. The Morgan fingerprint density at radius 2 is 1.84 bits per heavy atom. The summed E-state index contributed by atoms with van der Waals surface area (Å²) in [5.74, 6) is -0.222. The Bertz CT molecular complexity index is 554. The van der Waals surface area contributed by atoms with E-state index in [4.69, 9.17) is 11.6 Å². The van der Waals surface area contributed by atoms with Gasteiger partial charge in [0.15, 0.2) is 0 Å². The highest BCUT2D eigenvalue weighted by Gasteiger charge is 2.05. The van der Waals surface area contributed by atoms with E-state index in [1.54, 1.807) is 6.07 Å². The molecule has 0 amide bonds. The molecule has 0 bridgehead atoms. The number of rotatable bonds is 4. The molecule has 0 aliphatic carbocycles. The van der Waals surface area contributed by atoms with Crippen molar-refractivity contribution >= 4 is 27.5 Å². The van der Waals surface area contributed by atoms with Crippen molar-refractivity contribution in [2.75, 3.05) is 7.05 Å². The molecule has 0 radical (unpaired) electrons. The van der Waals surface area contributed by atoms with E-state index in [-0.39, 0.29) is 5.82 Å². The molecule has 0 saturated heterocycles. The monoisotopic (exact) mass is 341 g/mol. The minimum Gasteiger partial charge on any atom is -0.298 e. The van der Waals surface area contributed by atoms with Crippen LogP contribution in [0.25, 0.3) is 0 Å². The van der Waals surface area contributed by atoms with Gasteiger partial charge in [-0.3, -0.25) is 4.90 Å². The summed E-state index contributed by atoms with van der Waals surface area (Å²) in [5, 5.41) is 0.736. The van der Waals surface area contributed by atoms with Crippen LogP contribution in [0.3, 0.4) is 0 Å². The van der Waals surface area contributed by atoms with Crippen LogP contribution < -0.4 is 0 Å². The van der Waals surface area contributed by atoms with Crippen molar-refractivity contribution in [3.8, 4) is 0 Å². The van der Waals surface area contributed by atoms with E-state index >= 15 is 0 Å². The largest absolute Gasteiger partial charge is 0.298 e. The van der Waals surface area contributed by atoms with E-state index in [9.17, 15) is 4.39 Å². The Balaban J connectivity index is 2.03. The Labute approximate surface area is 126 Å². The predicted octanol–water partition coefficient (Wildman–Crippen LogP) is 4.87. The second-order valence-corrected chi connectivity index (χ2v) is 5.93. The zero-order chi connectivity index (χ0) is 13.8. The topological polar surface area (TPSA) is 3.24 Å². The van der Waals surface area contributed by atoms with Gasteiger partial charge in [-0.15, -0.1) is 0 Å². The van der Waals surface area contributed by atoms with Gasteiger partial charge < -0.3 is 0 Å². The quantitative estimate of drug-likeness (QED) is 0.766. The van der Waals surface area contributed by atoms with Gasteiger partial charge in [-0.1, -0.05) is 39.7 Å². The molecule has 0 spiro atoms. The van der Waals surface area contributed by atoms with Crippen LogP contribution in [0.15, 0.2) is 46.9 Å². The number of benzene rings is 2. The number of hydrogen-bond acceptors (Lipinski definition) is 1. The molecular formula is C15H14BrClFN. The molecule has 0 aliphatic heterocycles. The fourth-order valence-electron chi connectivity index (χ4n) is 2.02. The molecule has 4 heteroatoms. The molecule has 2 aromatic carbocycles. The summed E-state index contributed by atoms with van der Waals surface area (Å²) in [6.45, 7) is 1.46. The molecule has 2 aromatic rings. The molecule has 100 valence electrons. The zero-order valence-corrected chi connectivity index (χ0v) is 12.9. The van der Waals surface area contributed by atoms with Crippen molar-refractivity contribution in [2.24, 2.45) is 0 Å². The zero-order valence-electron chi connectivity index (χ0n) is 10.5. The lowest BCUT2D eigenvalue weighted by atomic mass is 10.2.